The summed E-state index contributed by atoms with van der Waals surface area (Å²) in [5.74, 6) is -0.0830. The highest BCUT2D eigenvalue weighted by atomic mass is 16.1. The molecule has 1 atom stereocenters. The normalized spacial score (nSPS) is 11.5. The SMILES string of the molecule is O=Cc1ccccc1NC(CCC(=O)Nc1cccc2cccnc12)Cc1ccc(N(c2ccccc2)c2ccccc2)cc1. The number of para-hydroxylation sites is 4. The van der Waals surface area contributed by atoms with Gasteiger partial charge in [-0.25, -0.2) is 0 Å². The number of aldehydes is 1. The van der Waals surface area contributed by atoms with Gasteiger partial charge in [-0.3, -0.25) is 14.6 Å². The number of pyridine rings is 1. The minimum atomic E-state index is -0.0901. The number of hydrogen-bond acceptors (Lipinski definition) is 5. The van der Waals surface area contributed by atoms with E-state index in [0.717, 1.165) is 45.5 Å². The van der Waals surface area contributed by atoms with Crippen molar-refractivity contribution in [2.75, 3.05) is 15.5 Å². The summed E-state index contributed by atoms with van der Waals surface area (Å²) in [6, 6.07) is 46.1. The maximum Gasteiger partial charge on any atom is 0.224 e. The number of nitrogens with zero attached hydrogens (tertiary/aromatic N) is 2. The second-order valence-corrected chi connectivity index (χ2v) is 10.9. The van der Waals surface area contributed by atoms with Gasteiger partial charge in [-0.2, -0.15) is 0 Å². The Balaban J connectivity index is 1.21. The highest BCUT2D eigenvalue weighted by molar-refractivity contribution is 6.00. The molecule has 6 nitrogen and oxygen atoms in total. The second-order valence-electron chi connectivity index (χ2n) is 10.9. The van der Waals surface area contributed by atoms with Crippen molar-refractivity contribution < 1.29 is 9.59 Å². The van der Waals surface area contributed by atoms with Crippen molar-refractivity contribution in [2.45, 2.75) is 25.3 Å². The summed E-state index contributed by atoms with van der Waals surface area (Å²) in [7, 11) is 0. The Bertz CT molecular complexity index is 1830. The fraction of sp³-hybridized carbons (Fsp3) is 0.103. The van der Waals surface area contributed by atoms with Crippen LogP contribution in [0.2, 0.25) is 0 Å². The molecule has 5 aromatic carbocycles. The van der Waals surface area contributed by atoms with Gasteiger partial charge in [-0.05, 0) is 79.1 Å². The van der Waals surface area contributed by atoms with Crippen LogP contribution in [0.4, 0.5) is 28.4 Å². The zero-order valence-electron chi connectivity index (χ0n) is 24.8. The Morgan fingerprint density at radius 2 is 1.31 bits per heavy atom. The van der Waals surface area contributed by atoms with Crippen LogP contribution in [-0.2, 0) is 11.2 Å². The number of nitrogens with one attached hydrogen (secondary N) is 2. The van der Waals surface area contributed by atoms with Gasteiger partial charge in [0.05, 0.1) is 11.2 Å². The summed E-state index contributed by atoms with van der Waals surface area (Å²) < 4.78 is 0. The van der Waals surface area contributed by atoms with Gasteiger partial charge in [0.25, 0.3) is 0 Å². The van der Waals surface area contributed by atoms with Gasteiger partial charge in [0.2, 0.25) is 5.91 Å². The van der Waals surface area contributed by atoms with Crippen LogP contribution >= 0.6 is 0 Å². The molecule has 45 heavy (non-hydrogen) atoms. The van der Waals surface area contributed by atoms with Crippen LogP contribution in [0.1, 0.15) is 28.8 Å². The van der Waals surface area contributed by atoms with Crippen LogP contribution in [0.25, 0.3) is 10.9 Å². The van der Waals surface area contributed by atoms with Gasteiger partial charge in [-0.15, -0.1) is 0 Å². The largest absolute Gasteiger partial charge is 0.381 e. The summed E-state index contributed by atoms with van der Waals surface area (Å²) >= 11 is 0. The molecule has 6 rings (SSSR count). The predicted octanol–water partition coefficient (Wildman–Crippen LogP) is 8.96. The number of fused-ring (bicyclic) bond motifs is 1. The smallest absolute Gasteiger partial charge is 0.224 e. The molecule has 6 aromatic rings. The molecule has 0 saturated heterocycles. The molecule has 0 spiro atoms. The van der Waals surface area contributed by atoms with Crippen LogP contribution in [0.3, 0.4) is 0 Å². The van der Waals surface area contributed by atoms with Crippen molar-refractivity contribution in [1.29, 1.82) is 0 Å². The fourth-order valence-electron chi connectivity index (χ4n) is 5.57. The zero-order valence-corrected chi connectivity index (χ0v) is 24.8. The van der Waals surface area contributed by atoms with Gasteiger partial charge in [-0.1, -0.05) is 78.9 Å². The minimum absolute atomic E-state index is 0.0830. The monoisotopic (exact) mass is 590 g/mol. The van der Waals surface area contributed by atoms with Gasteiger partial charge < -0.3 is 15.5 Å². The van der Waals surface area contributed by atoms with Gasteiger partial charge in [0.1, 0.15) is 0 Å². The quantitative estimate of drug-likeness (QED) is 0.139. The van der Waals surface area contributed by atoms with E-state index in [9.17, 15) is 9.59 Å². The molecule has 0 saturated carbocycles. The molecule has 0 bridgehead atoms. The lowest BCUT2D eigenvalue weighted by Crippen LogP contribution is -2.25. The molecule has 1 aromatic heterocycles. The molecular weight excluding hydrogens is 556 g/mol. The number of anilines is 5. The molecular formula is C39H34N4O2. The Morgan fingerprint density at radius 1 is 0.689 bits per heavy atom. The van der Waals surface area contributed by atoms with Gasteiger partial charge >= 0.3 is 0 Å². The van der Waals surface area contributed by atoms with Gasteiger partial charge in [0, 0.05) is 52.4 Å². The minimum Gasteiger partial charge on any atom is -0.381 e. The first kappa shape index (κ1) is 29.3. The number of aromatic nitrogens is 1. The molecule has 0 radical (unpaired) electrons. The van der Waals surface area contributed by atoms with E-state index in [-0.39, 0.29) is 11.9 Å². The summed E-state index contributed by atoms with van der Waals surface area (Å²) in [6.07, 6.45) is 4.13. The molecule has 1 heterocycles. The van der Waals surface area contributed by atoms with E-state index in [1.807, 2.05) is 84.9 Å². The highest BCUT2D eigenvalue weighted by Gasteiger charge is 2.17. The maximum atomic E-state index is 13.1. The van der Waals surface area contributed by atoms with Crippen molar-refractivity contribution >= 4 is 51.5 Å². The average molecular weight is 591 g/mol. The van der Waals surface area contributed by atoms with E-state index in [1.54, 1.807) is 12.3 Å². The molecule has 222 valence electrons. The van der Waals surface area contributed by atoms with Gasteiger partial charge in [0.15, 0.2) is 6.29 Å². The average Bonchev–Trinajstić information content (AvgIpc) is 3.09. The highest BCUT2D eigenvalue weighted by Crippen LogP contribution is 2.34. The first-order valence-corrected chi connectivity index (χ1v) is 15.1. The number of hydrogen-bond donors (Lipinski definition) is 2. The third-order valence-electron chi connectivity index (χ3n) is 7.78. The van der Waals surface area contributed by atoms with Crippen molar-refractivity contribution in [3.8, 4) is 0 Å². The van der Waals surface area contributed by atoms with E-state index < -0.39 is 0 Å². The Labute approximate surface area is 263 Å². The summed E-state index contributed by atoms with van der Waals surface area (Å²) in [5.41, 5.74) is 7.14. The number of rotatable bonds is 12. The molecule has 6 heteroatoms. The first-order valence-electron chi connectivity index (χ1n) is 15.1. The molecule has 0 aliphatic carbocycles. The Kier molecular flexibility index (Phi) is 9.22. The summed E-state index contributed by atoms with van der Waals surface area (Å²) in [4.78, 5) is 31.6. The van der Waals surface area contributed by atoms with E-state index >= 15 is 0 Å². The van der Waals surface area contributed by atoms with Crippen molar-refractivity contribution in [2.24, 2.45) is 0 Å². The third-order valence-corrected chi connectivity index (χ3v) is 7.78. The third kappa shape index (κ3) is 7.25. The maximum absolute atomic E-state index is 13.1. The first-order chi connectivity index (χ1) is 22.2. The zero-order chi connectivity index (χ0) is 30.8. The second kappa shape index (κ2) is 14.1. The Morgan fingerprint density at radius 3 is 2.02 bits per heavy atom. The van der Waals surface area contributed by atoms with E-state index in [1.165, 1.54) is 0 Å². The number of carbonyl (C=O) groups is 2. The molecule has 2 N–H and O–H groups in total. The predicted molar refractivity (Wildman–Crippen MR) is 184 cm³/mol. The van der Waals surface area contributed by atoms with Crippen LogP contribution in [0, 0.1) is 0 Å². The molecule has 0 aliphatic rings. The van der Waals surface area contributed by atoms with E-state index in [0.29, 0.717) is 30.5 Å². The fourth-order valence-corrected chi connectivity index (χ4v) is 5.57. The lowest BCUT2D eigenvalue weighted by molar-refractivity contribution is -0.116. The van der Waals surface area contributed by atoms with Crippen molar-refractivity contribution in [3.63, 3.8) is 0 Å². The van der Waals surface area contributed by atoms with Crippen LogP contribution in [0.15, 0.2) is 146 Å². The van der Waals surface area contributed by atoms with E-state index in [4.69, 9.17) is 0 Å². The topological polar surface area (TPSA) is 74.3 Å². The lowest BCUT2D eigenvalue weighted by atomic mass is 10.00. The molecule has 1 unspecified atom stereocenters. The standard InChI is InChI=1S/C39H34N4O2/c44-28-31-11-7-8-18-36(31)41-32(22-25-38(45)42-37-19-9-12-30-13-10-26-40-39(30)37)27-29-20-23-35(24-21-29)43(33-14-3-1-4-15-33)34-16-5-2-6-17-34/h1-21,23-24,26,28,32,41H,22,25,27H2,(H,42,45). The number of amides is 1. The van der Waals surface area contributed by atoms with Crippen LogP contribution in [0.5, 0.6) is 0 Å². The van der Waals surface area contributed by atoms with Crippen LogP contribution in [-0.4, -0.2) is 23.2 Å². The molecule has 1 amide bonds. The van der Waals surface area contributed by atoms with Crippen LogP contribution < -0.4 is 15.5 Å². The summed E-state index contributed by atoms with van der Waals surface area (Å²) in [5, 5.41) is 7.58. The Hall–Kier alpha value is -5.75. The number of carbonyl (C=O) groups excluding carboxylic acids is 2. The molecule has 0 aliphatic heterocycles. The van der Waals surface area contributed by atoms with E-state index in [2.05, 4.69) is 69.0 Å². The van der Waals surface area contributed by atoms with Crippen molar-refractivity contribution in [3.05, 3.63) is 157 Å². The summed E-state index contributed by atoms with van der Waals surface area (Å²) in [6.45, 7) is 0. The van der Waals surface area contributed by atoms with Crippen molar-refractivity contribution in [1.82, 2.24) is 4.98 Å². The molecule has 0 fully saturated rings. The lowest BCUT2D eigenvalue weighted by Gasteiger charge is -2.26. The number of benzene rings is 5.